The molecule has 1 atom stereocenters. The Morgan fingerprint density at radius 3 is 2.67 bits per heavy atom. The van der Waals surface area contributed by atoms with Gasteiger partial charge in [0.2, 0.25) is 0 Å². The Morgan fingerprint density at radius 1 is 1.19 bits per heavy atom. The second-order valence-corrected chi connectivity index (χ2v) is 6.44. The third-order valence-electron chi connectivity index (χ3n) is 4.81. The number of nitrogens with two attached hydrogens (primary N) is 1. The fraction of sp³-hybridized carbons (Fsp3) is 0.588. The summed E-state index contributed by atoms with van der Waals surface area (Å²) in [7, 11) is 0. The molecule has 2 saturated heterocycles. The highest BCUT2D eigenvalue weighted by Crippen LogP contribution is 2.21. The van der Waals surface area contributed by atoms with E-state index in [4.69, 9.17) is 5.73 Å². The van der Waals surface area contributed by atoms with Crippen LogP contribution in [0.4, 0.5) is 0 Å². The molecule has 0 aromatic heterocycles. The lowest BCUT2D eigenvalue weighted by Gasteiger charge is -2.34. The Labute approximate surface area is 126 Å². The van der Waals surface area contributed by atoms with Gasteiger partial charge in [-0.3, -0.25) is 9.69 Å². The lowest BCUT2D eigenvalue weighted by Crippen LogP contribution is -2.46. The minimum absolute atomic E-state index is 0.176. The van der Waals surface area contributed by atoms with Gasteiger partial charge in [0, 0.05) is 30.7 Å². The fourth-order valence-electron chi connectivity index (χ4n) is 3.47. The number of carbonyl (C=O) groups excluding carboxylic acids is 1. The molecule has 114 valence electrons. The number of hydrogen-bond donors (Lipinski definition) is 1. The number of carbonyl (C=O) groups is 1. The molecule has 1 aromatic rings. The third-order valence-corrected chi connectivity index (χ3v) is 4.81. The van der Waals surface area contributed by atoms with E-state index in [1.165, 1.54) is 0 Å². The van der Waals surface area contributed by atoms with Crippen LogP contribution in [0.15, 0.2) is 24.3 Å². The molecule has 2 N–H and O–H groups in total. The van der Waals surface area contributed by atoms with Crippen molar-refractivity contribution >= 4 is 5.91 Å². The van der Waals surface area contributed by atoms with Gasteiger partial charge in [0.15, 0.2) is 0 Å². The van der Waals surface area contributed by atoms with E-state index in [1.807, 2.05) is 36.1 Å². The van der Waals surface area contributed by atoms with E-state index in [0.29, 0.717) is 12.1 Å². The number of nitrogens with zero attached hydrogens (tertiary/aromatic N) is 2. The van der Waals surface area contributed by atoms with Gasteiger partial charge in [-0.25, -0.2) is 0 Å². The summed E-state index contributed by atoms with van der Waals surface area (Å²) in [5, 5.41) is 0. The fourth-order valence-corrected chi connectivity index (χ4v) is 3.47. The zero-order valence-electron chi connectivity index (χ0n) is 12.8. The zero-order chi connectivity index (χ0) is 14.8. The van der Waals surface area contributed by atoms with Crippen molar-refractivity contribution in [1.82, 2.24) is 9.80 Å². The Morgan fingerprint density at radius 2 is 1.95 bits per heavy atom. The molecule has 2 aliphatic heterocycles. The van der Waals surface area contributed by atoms with E-state index in [9.17, 15) is 4.79 Å². The highest BCUT2D eigenvalue weighted by atomic mass is 16.2. The van der Waals surface area contributed by atoms with Crippen molar-refractivity contribution in [1.29, 1.82) is 0 Å². The number of hydrogen-bond acceptors (Lipinski definition) is 3. The average Bonchev–Trinajstić information content (AvgIpc) is 2.97. The van der Waals surface area contributed by atoms with Crippen molar-refractivity contribution in [3.63, 3.8) is 0 Å². The molecular weight excluding hydrogens is 262 g/mol. The predicted octanol–water partition coefficient (Wildman–Crippen LogP) is 1.63. The molecule has 3 rings (SSSR count). The molecule has 0 spiro atoms. The van der Waals surface area contributed by atoms with Gasteiger partial charge in [0.1, 0.15) is 0 Å². The molecule has 21 heavy (non-hydrogen) atoms. The quantitative estimate of drug-likeness (QED) is 0.899. The van der Waals surface area contributed by atoms with Gasteiger partial charge in [0.05, 0.1) is 0 Å². The van der Waals surface area contributed by atoms with Gasteiger partial charge >= 0.3 is 0 Å². The van der Waals surface area contributed by atoms with Gasteiger partial charge in [-0.1, -0.05) is 17.7 Å². The van der Waals surface area contributed by atoms with Crippen LogP contribution in [0.1, 0.15) is 35.2 Å². The number of piperidine rings is 1. The lowest BCUT2D eigenvalue weighted by molar-refractivity contribution is 0.0769. The lowest BCUT2D eigenvalue weighted by atomic mass is 10.0. The van der Waals surface area contributed by atoms with Gasteiger partial charge in [-0.2, -0.15) is 0 Å². The van der Waals surface area contributed by atoms with Gasteiger partial charge in [0.25, 0.3) is 5.91 Å². The van der Waals surface area contributed by atoms with Crippen LogP contribution in [0.5, 0.6) is 0 Å². The Balaban J connectivity index is 1.60. The van der Waals surface area contributed by atoms with Crippen molar-refractivity contribution in [2.75, 3.05) is 26.2 Å². The molecular formula is C17H25N3O. The van der Waals surface area contributed by atoms with Crippen LogP contribution < -0.4 is 5.73 Å². The van der Waals surface area contributed by atoms with Crippen LogP contribution in [-0.4, -0.2) is 54.0 Å². The Hall–Kier alpha value is -1.39. The first-order chi connectivity index (χ1) is 10.1. The SMILES string of the molecule is Cc1cccc(C(=O)N2CCC(N3CCC(N)CC3)C2)c1. The molecule has 2 heterocycles. The summed E-state index contributed by atoms with van der Waals surface area (Å²) in [5.41, 5.74) is 7.93. The van der Waals surface area contributed by atoms with E-state index in [0.717, 1.165) is 56.6 Å². The van der Waals surface area contributed by atoms with Crippen LogP contribution in [-0.2, 0) is 0 Å². The molecule has 2 aliphatic rings. The van der Waals surface area contributed by atoms with Crippen LogP contribution >= 0.6 is 0 Å². The number of likely N-dealkylation sites (tertiary alicyclic amines) is 2. The minimum Gasteiger partial charge on any atom is -0.337 e. The van der Waals surface area contributed by atoms with Gasteiger partial charge < -0.3 is 10.6 Å². The summed E-state index contributed by atoms with van der Waals surface area (Å²) in [6, 6.07) is 8.78. The molecule has 4 nitrogen and oxygen atoms in total. The standard InChI is InChI=1S/C17H25N3O/c1-13-3-2-4-14(11-13)17(21)20-10-7-16(12-20)19-8-5-15(18)6-9-19/h2-4,11,15-16H,5-10,12,18H2,1H3. The molecule has 0 aliphatic carbocycles. The van der Waals surface area contributed by atoms with E-state index >= 15 is 0 Å². The van der Waals surface area contributed by atoms with Crippen LogP contribution in [0.25, 0.3) is 0 Å². The molecule has 2 fully saturated rings. The van der Waals surface area contributed by atoms with E-state index in [2.05, 4.69) is 4.90 Å². The summed E-state index contributed by atoms with van der Waals surface area (Å²) in [6.45, 7) is 5.93. The van der Waals surface area contributed by atoms with Crippen LogP contribution in [0.3, 0.4) is 0 Å². The number of aryl methyl sites for hydroxylation is 1. The predicted molar refractivity (Wildman–Crippen MR) is 84.3 cm³/mol. The maximum absolute atomic E-state index is 12.6. The second-order valence-electron chi connectivity index (χ2n) is 6.44. The highest BCUT2D eigenvalue weighted by molar-refractivity contribution is 5.94. The summed E-state index contributed by atoms with van der Waals surface area (Å²) < 4.78 is 0. The largest absolute Gasteiger partial charge is 0.337 e. The van der Waals surface area contributed by atoms with Gasteiger partial charge in [-0.15, -0.1) is 0 Å². The first-order valence-corrected chi connectivity index (χ1v) is 7.99. The maximum atomic E-state index is 12.6. The van der Waals surface area contributed by atoms with E-state index in [-0.39, 0.29) is 5.91 Å². The molecule has 1 aromatic carbocycles. The van der Waals surface area contributed by atoms with Crippen molar-refractivity contribution in [2.45, 2.75) is 38.3 Å². The van der Waals surface area contributed by atoms with Crippen molar-refractivity contribution in [3.8, 4) is 0 Å². The van der Waals surface area contributed by atoms with E-state index < -0.39 is 0 Å². The summed E-state index contributed by atoms with van der Waals surface area (Å²) in [6.07, 6.45) is 3.26. The first-order valence-electron chi connectivity index (χ1n) is 7.99. The number of rotatable bonds is 2. The van der Waals surface area contributed by atoms with E-state index in [1.54, 1.807) is 0 Å². The Bertz CT molecular complexity index is 509. The number of benzene rings is 1. The smallest absolute Gasteiger partial charge is 0.253 e. The minimum atomic E-state index is 0.176. The van der Waals surface area contributed by atoms with Crippen molar-refractivity contribution < 1.29 is 4.79 Å². The average molecular weight is 287 g/mol. The summed E-state index contributed by atoms with van der Waals surface area (Å²) in [4.78, 5) is 17.1. The summed E-state index contributed by atoms with van der Waals surface area (Å²) in [5.74, 6) is 0.176. The van der Waals surface area contributed by atoms with Crippen LogP contribution in [0.2, 0.25) is 0 Å². The topological polar surface area (TPSA) is 49.6 Å². The highest BCUT2D eigenvalue weighted by Gasteiger charge is 2.32. The molecule has 0 bridgehead atoms. The third kappa shape index (κ3) is 3.27. The van der Waals surface area contributed by atoms with Gasteiger partial charge in [-0.05, 0) is 51.4 Å². The summed E-state index contributed by atoms with van der Waals surface area (Å²) >= 11 is 0. The monoisotopic (exact) mass is 287 g/mol. The Kier molecular flexibility index (Phi) is 4.27. The molecule has 0 radical (unpaired) electrons. The normalized spacial score (nSPS) is 24.5. The van der Waals surface area contributed by atoms with Crippen LogP contribution in [0, 0.1) is 6.92 Å². The zero-order valence-corrected chi connectivity index (χ0v) is 12.8. The van der Waals surface area contributed by atoms with Crippen molar-refractivity contribution in [3.05, 3.63) is 35.4 Å². The number of amides is 1. The van der Waals surface area contributed by atoms with Crippen molar-refractivity contribution in [2.24, 2.45) is 5.73 Å². The molecule has 1 amide bonds. The second kappa shape index (κ2) is 6.16. The molecule has 0 saturated carbocycles. The molecule has 4 heteroatoms. The first kappa shape index (κ1) is 14.5. The molecule has 1 unspecified atom stereocenters. The maximum Gasteiger partial charge on any atom is 0.253 e.